The number of hydrogen-bond acceptors (Lipinski definition) is 2. The summed E-state index contributed by atoms with van der Waals surface area (Å²) in [5.74, 6) is 0. The molecule has 2 rings (SSSR count). The van der Waals surface area contributed by atoms with Crippen LogP contribution in [0.4, 0.5) is 0 Å². The SMILES string of the molecule is CCn1ccc2cc(C)nc(C)c2c1=O. The van der Waals surface area contributed by atoms with Crippen LogP contribution in [0, 0.1) is 13.8 Å². The fourth-order valence-corrected chi connectivity index (χ4v) is 1.90. The van der Waals surface area contributed by atoms with Gasteiger partial charge >= 0.3 is 0 Å². The van der Waals surface area contributed by atoms with Crippen LogP contribution in [0.15, 0.2) is 23.1 Å². The molecule has 0 unspecified atom stereocenters. The summed E-state index contributed by atoms with van der Waals surface area (Å²) in [6.45, 7) is 6.49. The number of aryl methyl sites for hydroxylation is 3. The van der Waals surface area contributed by atoms with Crippen molar-refractivity contribution in [3.05, 3.63) is 40.1 Å². The molecule has 78 valence electrons. The van der Waals surface area contributed by atoms with E-state index in [4.69, 9.17) is 0 Å². The topological polar surface area (TPSA) is 34.9 Å². The van der Waals surface area contributed by atoms with Gasteiger partial charge in [-0.15, -0.1) is 0 Å². The fraction of sp³-hybridized carbons (Fsp3) is 0.333. The summed E-state index contributed by atoms with van der Waals surface area (Å²) in [6, 6.07) is 3.92. The molecule has 3 nitrogen and oxygen atoms in total. The molecule has 3 heteroatoms. The summed E-state index contributed by atoms with van der Waals surface area (Å²) in [5, 5.41) is 1.72. The molecule has 15 heavy (non-hydrogen) atoms. The average molecular weight is 202 g/mol. The third kappa shape index (κ3) is 1.54. The monoisotopic (exact) mass is 202 g/mol. The minimum absolute atomic E-state index is 0.0556. The van der Waals surface area contributed by atoms with Gasteiger partial charge in [0, 0.05) is 18.4 Å². The van der Waals surface area contributed by atoms with Gasteiger partial charge < -0.3 is 4.57 Å². The van der Waals surface area contributed by atoms with Crippen molar-refractivity contribution in [2.75, 3.05) is 0 Å². The third-order valence-electron chi connectivity index (χ3n) is 2.61. The number of fused-ring (bicyclic) bond motifs is 1. The standard InChI is InChI=1S/C12H14N2O/c1-4-14-6-5-10-7-8(2)13-9(3)11(10)12(14)15/h5-7H,4H2,1-3H3. The minimum atomic E-state index is 0.0556. The summed E-state index contributed by atoms with van der Waals surface area (Å²) in [6.07, 6.45) is 1.84. The smallest absolute Gasteiger partial charge is 0.260 e. The number of hydrogen-bond donors (Lipinski definition) is 0. The molecular formula is C12H14N2O. The molecular weight excluding hydrogens is 188 g/mol. The molecule has 0 aliphatic heterocycles. The maximum Gasteiger partial charge on any atom is 0.260 e. The van der Waals surface area contributed by atoms with E-state index in [1.807, 2.05) is 39.1 Å². The molecule has 0 aliphatic rings. The predicted octanol–water partition coefficient (Wildman–Crippen LogP) is 2.03. The van der Waals surface area contributed by atoms with E-state index in [1.165, 1.54) is 0 Å². The van der Waals surface area contributed by atoms with Crippen LogP contribution in [0.25, 0.3) is 10.8 Å². The Labute approximate surface area is 88.4 Å². The van der Waals surface area contributed by atoms with Crippen LogP contribution in [0.1, 0.15) is 18.3 Å². The first-order valence-corrected chi connectivity index (χ1v) is 5.11. The van der Waals surface area contributed by atoms with Crippen LogP contribution in [-0.4, -0.2) is 9.55 Å². The molecule has 0 N–H and O–H groups in total. The van der Waals surface area contributed by atoms with Gasteiger partial charge in [-0.25, -0.2) is 0 Å². The quantitative estimate of drug-likeness (QED) is 0.709. The molecule has 2 heterocycles. The van der Waals surface area contributed by atoms with Gasteiger partial charge in [-0.3, -0.25) is 9.78 Å². The Kier molecular flexibility index (Phi) is 2.31. The van der Waals surface area contributed by atoms with Gasteiger partial charge in [0.15, 0.2) is 0 Å². The lowest BCUT2D eigenvalue weighted by molar-refractivity contribution is 0.734. The molecule has 0 saturated carbocycles. The largest absolute Gasteiger partial charge is 0.315 e. The van der Waals surface area contributed by atoms with Crippen molar-refractivity contribution >= 4 is 10.8 Å². The molecule has 2 aromatic rings. The van der Waals surface area contributed by atoms with E-state index in [1.54, 1.807) is 4.57 Å². The molecule has 0 radical (unpaired) electrons. The van der Waals surface area contributed by atoms with Crippen molar-refractivity contribution in [2.24, 2.45) is 0 Å². The van der Waals surface area contributed by atoms with Crippen molar-refractivity contribution < 1.29 is 0 Å². The normalized spacial score (nSPS) is 10.9. The van der Waals surface area contributed by atoms with E-state index in [-0.39, 0.29) is 5.56 Å². The van der Waals surface area contributed by atoms with E-state index in [0.29, 0.717) is 6.54 Å². The molecule has 0 aliphatic carbocycles. The number of rotatable bonds is 1. The fourth-order valence-electron chi connectivity index (χ4n) is 1.90. The number of aromatic nitrogens is 2. The van der Waals surface area contributed by atoms with E-state index in [2.05, 4.69) is 4.98 Å². The van der Waals surface area contributed by atoms with Gasteiger partial charge in [-0.2, -0.15) is 0 Å². The lowest BCUT2D eigenvalue weighted by Gasteiger charge is -2.06. The molecule has 0 atom stereocenters. The van der Waals surface area contributed by atoms with Gasteiger partial charge in [0.2, 0.25) is 0 Å². The Balaban J connectivity index is 2.93. The van der Waals surface area contributed by atoms with Crippen LogP contribution in [0.5, 0.6) is 0 Å². The molecule has 0 bridgehead atoms. The molecule has 0 fully saturated rings. The van der Waals surface area contributed by atoms with E-state index < -0.39 is 0 Å². The van der Waals surface area contributed by atoms with Gasteiger partial charge in [0.1, 0.15) is 0 Å². The second-order valence-electron chi connectivity index (χ2n) is 3.72. The first kappa shape index (κ1) is 9.90. The Bertz CT molecular complexity index is 570. The molecule has 2 aromatic heterocycles. The van der Waals surface area contributed by atoms with Crippen LogP contribution in [0.2, 0.25) is 0 Å². The van der Waals surface area contributed by atoms with Crippen molar-refractivity contribution in [2.45, 2.75) is 27.3 Å². The summed E-state index contributed by atoms with van der Waals surface area (Å²) < 4.78 is 1.70. The Morgan fingerprint density at radius 1 is 1.40 bits per heavy atom. The zero-order valence-corrected chi connectivity index (χ0v) is 9.24. The lowest BCUT2D eigenvalue weighted by atomic mass is 10.1. The van der Waals surface area contributed by atoms with Crippen molar-refractivity contribution in [3.8, 4) is 0 Å². The summed E-state index contributed by atoms with van der Waals surface area (Å²) in [4.78, 5) is 16.3. The van der Waals surface area contributed by atoms with Crippen molar-refractivity contribution in [3.63, 3.8) is 0 Å². The van der Waals surface area contributed by atoms with Gasteiger partial charge in [0.05, 0.1) is 11.1 Å². The highest BCUT2D eigenvalue weighted by molar-refractivity contribution is 5.83. The summed E-state index contributed by atoms with van der Waals surface area (Å²) in [7, 11) is 0. The van der Waals surface area contributed by atoms with Gasteiger partial charge in [-0.1, -0.05) is 0 Å². The first-order valence-electron chi connectivity index (χ1n) is 5.11. The molecule has 0 amide bonds. The Morgan fingerprint density at radius 2 is 2.13 bits per heavy atom. The van der Waals surface area contributed by atoms with Crippen LogP contribution in [0.3, 0.4) is 0 Å². The third-order valence-corrected chi connectivity index (χ3v) is 2.61. The molecule has 0 saturated heterocycles. The van der Waals surface area contributed by atoms with E-state index in [9.17, 15) is 4.79 Å². The maximum absolute atomic E-state index is 12.0. The second kappa shape index (κ2) is 3.50. The number of nitrogens with zero attached hydrogens (tertiary/aromatic N) is 2. The van der Waals surface area contributed by atoms with Crippen molar-refractivity contribution in [1.29, 1.82) is 0 Å². The van der Waals surface area contributed by atoms with Crippen molar-refractivity contribution in [1.82, 2.24) is 9.55 Å². The highest BCUT2D eigenvalue weighted by atomic mass is 16.1. The summed E-state index contributed by atoms with van der Waals surface area (Å²) >= 11 is 0. The maximum atomic E-state index is 12.0. The minimum Gasteiger partial charge on any atom is -0.315 e. The second-order valence-corrected chi connectivity index (χ2v) is 3.72. The number of pyridine rings is 2. The zero-order chi connectivity index (χ0) is 11.0. The zero-order valence-electron chi connectivity index (χ0n) is 9.24. The predicted molar refractivity (Wildman–Crippen MR) is 61.2 cm³/mol. The van der Waals surface area contributed by atoms with E-state index in [0.717, 1.165) is 22.2 Å². The summed E-state index contributed by atoms with van der Waals surface area (Å²) in [5.41, 5.74) is 1.83. The average Bonchev–Trinajstić information content (AvgIpc) is 2.17. The molecule has 0 aromatic carbocycles. The highest BCUT2D eigenvalue weighted by Crippen LogP contribution is 2.13. The van der Waals surface area contributed by atoms with E-state index >= 15 is 0 Å². The van der Waals surface area contributed by atoms with Gasteiger partial charge in [-0.05, 0) is 38.3 Å². The van der Waals surface area contributed by atoms with Crippen LogP contribution < -0.4 is 5.56 Å². The Morgan fingerprint density at radius 3 is 2.80 bits per heavy atom. The molecule has 0 spiro atoms. The van der Waals surface area contributed by atoms with Gasteiger partial charge in [0.25, 0.3) is 5.56 Å². The lowest BCUT2D eigenvalue weighted by Crippen LogP contribution is -2.19. The highest BCUT2D eigenvalue weighted by Gasteiger charge is 2.06. The first-order chi connectivity index (χ1) is 7.13. The Hall–Kier alpha value is -1.64. The van der Waals surface area contributed by atoms with Crippen LogP contribution in [-0.2, 0) is 6.54 Å². The van der Waals surface area contributed by atoms with Crippen LogP contribution >= 0.6 is 0 Å².